The molecule has 1 aromatic carbocycles. The van der Waals surface area contributed by atoms with Gasteiger partial charge < -0.3 is 9.47 Å². The predicted molar refractivity (Wildman–Crippen MR) is 75.6 cm³/mol. The molecule has 0 saturated carbocycles. The molecule has 2 bridgehead atoms. The first-order valence-corrected chi connectivity index (χ1v) is 7.09. The maximum Gasteiger partial charge on any atom is 0.411 e. The number of benzene rings is 1. The highest BCUT2D eigenvalue weighted by atomic mass is 16.6. The number of hydrogen-bond acceptors (Lipinski definition) is 4. The van der Waals surface area contributed by atoms with Crippen molar-refractivity contribution in [1.29, 1.82) is 0 Å². The van der Waals surface area contributed by atoms with E-state index in [4.69, 9.17) is 9.47 Å². The molecular weight excluding hydrogens is 270 g/mol. The molecule has 0 aromatic heterocycles. The summed E-state index contributed by atoms with van der Waals surface area (Å²) < 4.78 is 10.9. The van der Waals surface area contributed by atoms with Crippen LogP contribution in [0.4, 0.5) is 4.79 Å². The standard InChI is InChI=1S/C16H19NO4/c1-15(2,3)21-14(19)17-10-16(9-12(17)13(18)20-16)11-7-5-4-6-8-11/h4-8,12H,9-10H2,1-3H3/t12-,16-/m1/s1. The van der Waals surface area contributed by atoms with Gasteiger partial charge in [0.2, 0.25) is 0 Å². The lowest BCUT2D eigenvalue weighted by Crippen LogP contribution is -2.48. The minimum absolute atomic E-state index is 0.350. The number of hydrogen-bond donors (Lipinski definition) is 0. The molecule has 112 valence electrons. The number of rotatable bonds is 1. The molecule has 5 heteroatoms. The first kappa shape index (κ1) is 13.9. The summed E-state index contributed by atoms with van der Waals surface area (Å²) in [4.78, 5) is 25.8. The zero-order valence-electron chi connectivity index (χ0n) is 12.5. The van der Waals surface area contributed by atoms with Crippen molar-refractivity contribution in [2.45, 2.75) is 44.4 Å². The molecule has 1 amide bonds. The van der Waals surface area contributed by atoms with E-state index in [1.807, 2.05) is 51.1 Å². The van der Waals surface area contributed by atoms with E-state index in [0.717, 1.165) is 5.56 Å². The van der Waals surface area contributed by atoms with Gasteiger partial charge in [0.05, 0.1) is 6.54 Å². The summed E-state index contributed by atoms with van der Waals surface area (Å²) in [6.07, 6.45) is 0.0386. The van der Waals surface area contributed by atoms with Crippen LogP contribution in [0.25, 0.3) is 0 Å². The molecule has 2 aliphatic rings. The molecular formula is C16H19NO4. The maximum absolute atomic E-state index is 12.3. The first-order valence-electron chi connectivity index (χ1n) is 7.09. The van der Waals surface area contributed by atoms with Gasteiger partial charge in [-0.05, 0) is 26.3 Å². The summed E-state index contributed by atoms with van der Waals surface area (Å²) in [5, 5.41) is 0. The number of morpholine rings is 1. The smallest absolute Gasteiger partial charge is 0.411 e. The lowest BCUT2D eigenvalue weighted by Gasteiger charge is -2.33. The monoisotopic (exact) mass is 289 g/mol. The molecule has 2 aliphatic heterocycles. The van der Waals surface area contributed by atoms with Crippen LogP contribution in [0.3, 0.4) is 0 Å². The van der Waals surface area contributed by atoms with E-state index in [-0.39, 0.29) is 5.97 Å². The zero-order valence-corrected chi connectivity index (χ0v) is 12.5. The van der Waals surface area contributed by atoms with Crippen LogP contribution in [0, 0.1) is 0 Å². The van der Waals surface area contributed by atoms with Crippen molar-refractivity contribution in [2.75, 3.05) is 6.54 Å². The summed E-state index contributed by atoms with van der Waals surface area (Å²) >= 11 is 0. The molecule has 5 nitrogen and oxygen atoms in total. The number of esters is 1. The molecule has 2 heterocycles. The van der Waals surface area contributed by atoms with Gasteiger partial charge in [-0.3, -0.25) is 4.90 Å². The second kappa shape index (κ2) is 4.48. The second-order valence-electron chi connectivity index (χ2n) is 6.61. The minimum atomic E-state index is -0.722. The van der Waals surface area contributed by atoms with Gasteiger partial charge in [0.15, 0.2) is 5.60 Å². The second-order valence-corrected chi connectivity index (χ2v) is 6.61. The van der Waals surface area contributed by atoms with Crippen molar-refractivity contribution in [3.63, 3.8) is 0 Å². The molecule has 3 rings (SSSR count). The van der Waals surface area contributed by atoms with Crippen molar-refractivity contribution in [3.8, 4) is 0 Å². The van der Waals surface area contributed by atoms with Crippen LogP contribution in [0.15, 0.2) is 30.3 Å². The van der Waals surface area contributed by atoms with Gasteiger partial charge in [-0.25, -0.2) is 9.59 Å². The molecule has 0 N–H and O–H groups in total. The number of fused-ring (bicyclic) bond motifs is 2. The van der Waals surface area contributed by atoms with E-state index in [0.29, 0.717) is 13.0 Å². The Bertz CT molecular complexity index is 578. The third-order valence-electron chi connectivity index (χ3n) is 3.82. The topological polar surface area (TPSA) is 55.8 Å². The quantitative estimate of drug-likeness (QED) is 0.745. The molecule has 1 aromatic rings. The van der Waals surface area contributed by atoms with Crippen LogP contribution in [-0.2, 0) is 19.9 Å². The Hall–Kier alpha value is -2.04. The molecule has 0 unspecified atom stereocenters. The van der Waals surface area contributed by atoms with Gasteiger partial charge in [0, 0.05) is 6.42 Å². The van der Waals surface area contributed by atoms with Crippen molar-refractivity contribution in [1.82, 2.24) is 4.90 Å². The molecule has 2 saturated heterocycles. The Labute approximate surface area is 123 Å². The van der Waals surface area contributed by atoms with Crippen molar-refractivity contribution < 1.29 is 19.1 Å². The van der Waals surface area contributed by atoms with Crippen molar-refractivity contribution >= 4 is 12.1 Å². The number of amides is 1. The lowest BCUT2D eigenvalue weighted by atomic mass is 9.93. The Kier molecular flexibility index (Phi) is 2.97. The van der Waals surface area contributed by atoms with Gasteiger partial charge in [0.25, 0.3) is 0 Å². The van der Waals surface area contributed by atoms with Gasteiger partial charge in [-0.1, -0.05) is 30.3 Å². The molecule has 0 radical (unpaired) electrons. The lowest BCUT2D eigenvalue weighted by molar-refractivity contribution is -0.160. The molecule has 2 atom stereocenters. The molecule has 2 fully saturated rings. The van der Waals surface area contributed by atoms with Crippen LogP contribution in [0.2, 0.25) is 0 Å². The van der Waals surface area contributed by atoms with E-state index >= 15 is 0 Å². The van der Waals surface area contributed by atoms with Crippen LogP contribution >= 0.6 is 0 Å². The van der Waals surface area contributed by atoms with Crippen molar-refractivity contribution in [3.05, 3.63) is 35.9 Å². The Morgan fingerprint density at radius 1 is 1.33 bits per heavy atom. The maximum atomic E-state index is 12.3. The van der Waals surface area contributed by atoms with Crippen LogP contribution in [-0.4, -0.2) is 35.2 Å². The SMILES string of the molecule is CC(C)(C)OC(=O)N1C[C@@]2(c3ccccc3)C[C@@H]1C(=O)O2. The molecule has 0 aliphatic carbocycles. The van der Waals surface area contributed by atoms with E-state index in [9.17, 15) is 9.59 Å². The highest BCUT2D eigenvalue weighted by Crippen LogP contribution is 2.46. The van der Waals surface area contributed by atoms with Gasteiger partial charge >= 0.3 is 12.1 Å². The number of carbonyl (C=O) groups is 2. The summed E-state index contributed by atoms with van der Waals surface area (Å²) in [6, 6.07) is 9.03. The van der Waals surface area contributed by atoms with E-state index in [1.165, 1.54) is 4.90 Å². The van der Waals surface area contributed by atoms with Crippen LogP contribution in [0.5, 0.6) is 0 Å². The predicted octanol–water partition coefficient (Wildman–Crippen LogP) is 2.45. The average molecular weight is 289 g/mol. The fourth-order valence-corrected chi connectivity index (χ4v) is 2.94. The summed E-state index contributed by atoms with van der Waals surface area (Å²) in [5.41, 5.74) is -0.380. The number of nitrogens with zero attached hydrogens (tertiary/aromatic N) is 1. The van der Waals surface area contributed by atoms with Crippen LogP contribution in [0.1, 0.15) is 32.8 Å². The minimum Gasteiger partial charge on any atom is -0.451 e. The fourth-order valence-electron chi connectivity index (χ4n) is 2.94. The normalized spacial score (nSPS) is 27.7. The largest absolute Gasteiger partial charge is 0.451 e. The Morgan fingerprint density at radius 2 is 2.00 bits per heavy atom. The molecule has 0 spiro atoms. The Morgan fingerprint density at radius 3 is 2.62 bits per heavy atom. The Balaban J connectivity index is 1.86. The summed E-state index contributed by atoms with van der Waals surface area (Å²) in [6.45, 7) is 5.78. The fraction of sp³-hybridized carbons (Fsp3) is 0.500. The highest BCUT2D eigenvalue weighted by Gasteiger charge is 2.60. The van der Waals surface area contributed by atoms with E-state index in [2.05, 4.69) is 0 Å². The average Bonchev–Trinajstić information content (AvgIpc) is 2.94. The van der Waals surface area contributed by atoms with Crippen LogP contribution < -0.4 is 0 Å². The van der Waals surface area contributed by atoms with E-state index in [1.54, 1.807) is 0 Å². The summed E-state index contributed by atoms with van der Waals surface area (Å²) in [7, 11) is 0. The third kappa shape index (κ3) is 2.37. The number of ether oxygens (including phenoxy) is 2. The van der Waals surface area contributed by atoms with Crippen molar-refractivity contribution in [2.24, 2.45) is 0 Å². The van der Waals surface area contributed by atoms with E-state index < -0.39 is 23.3 Å². The number of carbonyl (C=O) groups excluding carboxylic acids is 2. The van der Waals surface area contributed by atoms with Gasteiger partial charge in [0.1, 0.15) is 11.6 Å². The number of likely N-dealkylation sites (tertiary alicyclic amines) is 1. The highest BCUT2D eigenvalue weighted by molar-refractivity contribution is 5.86. The van der Waals surface area contributed by atoms with Gasteiger partial charge in [-0.15, -0.1) is 0 Å². The summed E-state index contributed by atoms with van der Waals surface area (Å²) in [5.74, 6) is -0.351. The third-order valence-corrected chi connectivity index (χ3v) is 3.82. The van der Waals surface area contributed by atoms with Gasteiger partial charge in [-0.2, -0.15) is 0 Å². The molecule has 21 heavy (non-hydrogen) atoms. The first-order chi connectivity index (χ1) is 9.81. The zero-order chi connectivity index (χ0) is 15.3.